The van der Waals surface area contributed by atoms with Gasteiger partial charge in [-0.15, -0.1) is 0 Å². The summed E-state index contributed by atoms with van der Waals surface area (Å²) in [6.45, 7) is 12.2. The fourth-order valence-electron chi connectivity index (χ4n) is 6.71. The maximum atomic E-state index is 12.0. The smallest absolute Gasteiger partial charge is 0.333 e. The van der Waals surface area contributed by atoms with Crippen molar-refractivity contribution >= 4 is 46.1 Å². The van der Waals surface area contributed by atoms with E-state index in [1.54, 1.807) is 26.0 Å². The van der Waals surface area contributed by atoms with Gasteiger partial charge in [0.05, 0.1) is 13.2 Å². The second-order valence-corrected chi connectivity index (χ2v) is 15.2. The molecule has 0 N–H and O–H groups in total. The number of esters is 2. The molecule has 0 aliphatic carbocycles. The van der Waals surface area contributed by atoms with Gasteiger partial charge in [0.15, 0.2) is 0 Å². The molecule has 0 fully saturated rings. The van der Waals surface area contributed by atoms with Crippen molar-refractivity contribution in [2.24, 2.45) is 0 Å². The molecule has 0 aromatic heterocycles. The zero-order valence-electron chi connectivity index (χ0n) is 36.2. The summed E-state index contributed by atoms with van der Waals surface area (Å²) in [4.78, 5) is 28.4. The average molecular weight is 813 g/mol. The van der Waals surface area contributed by atoms with Gasteiger partial charge in [0.25, 0.3) is 0 Å². The highest BCUT2D eigenvalue weighted by atomic mass is 16.5. The quantitative estimate of drug-likeness (QED) is 0.0486. The van der Waals surface area contributed by atoms with E-state index in [9.17, 15) is 9.59 Å². The first-order chi connectivity index (χ1) is 29.6. The van der Waals surface area contributed by atoms with Crippen LogP contribution in [0.2, 0.25) is 0 Å². The van der Waals surface area contributed by atoms with Crippen molar-refractivity contribution in [2.75, 3.05) is 23.0 Å². The Bertz CT molecular complexity index is 2230. The van der Waals surface area contributed by atoms with Crippen LogP contribution in [0, 0.1) is 13.8 Å². The van der Waals surface area contributed by atoms with Crippen molar-refractivity contribution in [3.63, 3.8) is 0 Å². The third-order valence-corrected chi connectivity index (χ3v) is 10.6. The van der Waals surface area contributed by atoms with E-state index >= 15 is 0 Å². The van der Waals surface area contributed by atoms with Crippen molar-refractivity contribution < 1.29 is 23.8 Å². The molecule has 0 amide bonds. The SMILES string of the molecule is C/C=C(\C)C(=O)OCCCc1ccc(N(c2ccc(C)cc2)c2ccc(Oc3ccc(N(c4ccc(C)cc4)c4ccc(CCCOC(=O)/C(C)=C/C)cc4)cc3)cc2)cc1. The maximum absolute atomic E-state index is 12.0. The summed E-state index contributed by atoms with van der Waals surface area (Å²) in [6.07, 6.45) is 6.68. The summed E-state index contributed by atoms with van der Waals surface area (Å²) in [7, 11) is 0. The molecule has 0 saturated carbocycles. The third-order valence-electron chi connectivity index (χ3n) is 10.6. The minimum Gasteiger partial charge on any atom is -0.462 e. The standard InChI is InChI=1S/C54H56N2O5/c1-7-41(5)53(57)59-37-9-11-43-17-25-47(26-18-43)55(45-21-13-39(3)14-22-45)49-29-33-51(34-30-49)61-52-35-31-50(32-36-52)56(46-23-15-40(4)16-24-46)48-27-19-44(20-28-48)12-10-38-60-54(58)42(6)8-2/h7-8,13-36H,9-12,37-38H2,1-6H3/b41-7+,42-8+. The van der Waals surface area contributed by atoms with E-state index in [4.69, 9.17) is 14.2 Å². The highest BCUT2D eigenvalue weighted by molar-refractivity contribution is 5.88. The number of ether oxygens (including phenoxy) is 3. The Labute approximate surface area is 361 Å². The van der Waals surface area contributed by atoms with Gasteiger partial charge in [-0.3, -0.25) is 0 Å². The molecule has 6 aromatic carbocycles. The molecule has 7 heteroatoms. The molecule has 61 heavy (non-hydrogen) atoms. The molecule has 0 radical (unpaired) electrons. The van der Waals surface area contributed by atoms with Crippen LogP contribution < -0.4 is 14.5 Å². The highest BCUT2D eigenvalue weighted by Crippen LogP contribution is 2.38. The summed E-state index contributed by atoms with van der Waals surface area (Å²) < 4.78 is 17.2. The highest BCUT2D eigenvalue weighted by Gasteiger charge is 2.16. The molecule has 0 aliphatic heterocycles. The lowest BCUT2D eigenvalue weighted by Crippen LogP contribution is -2.10. The predicted molar refractivity (Wildman–Crippen MR) is 249 cm³/mol. The van der Waals surface area contributed by atoms with E-state index in [2.05, 4.69) is 145 Å². The van der Waals surface area contributed by atoms with Crippen LogP contribution in [0.25, 0.3) is 0 Å². The van der Waals surface area contributed by atoms with Gasteiger partial charge in [0, 0.05) is 45.3 Å². The van der Waals surface area contributed by atoms with E-state index in [0.29, 0.717) is 24.4 Å². The first-order valence-electron chi connectivity index (χ1n) is 21.0. The topological polar surface area (TPSA) is 68.3 Å². The largest absolute Gasteiger partial charge is 0.462 e. The number of carbonyl (C=O) groups is 2. The van der Waals surface area contributed by atoms with Gasteiger partial charge in [0.1, 0.15) is 11.5 Å². The lowest BCUT2D eigenvalue weighted by Gasteiger charge is -2.26. The number of carbonyl (C=O) groups excluding carboxylic acids is 2. The van der Waals surface area contributed by atoms with Crippen LogP contribution in [0.15, 0.2) is 169 Å². The summed E-state index contributed by atoms with van der Waals surface area (Å²) >= 11 is 0. The Kier molecular flexibility index (Phi) is 15.3. The fraction of sp³-hybridized carbons (Fsp3) is 0.222. The van der Waals surface area contributed by atoms with Crippen molar-refractivity contribution in [2.45, 2.75) is 67.2 Å². The Morgan fingerprint density at radius 3 is 1.02 bits per heavy atom. The first-order valence-corrected chi connectivity index (χ1v) is 21.0. The lowest BCUT2D eigenvalue weighted by molar-refractivity contribution is -0.139. The molecular formula is C54H56N2O5. The summed E-state index contributed by atoms with van der Waals surface area (Å²) in [6, 6.07) is 50.5. The Morgan fingerprint density at radius 2 is 0.721 bits per heavy atom. The molecule has 0 spiro atoms. The first kappa shape index (κ1) is 43.7. The van der Waals surface area contributed by atoms with E-state index in [1.807, 2.05) is 38.1 Å². The Hall–Kier alpha value is -6.86. The number of hydrogen-bond donors (Lipinski definition) is 0. The van der Waals surface area contributed by atoms with Crippen LogP contribution in [-0.4, -0.2) is 25.2 Å². The summed E-state index contributed by atoms with van der Waals surface area (Å²) in [5.74, 6) is 0.954. The van der Waals surface area contributed by atoms with Gasteiger partial charge in [-0.05, 0) is 175 Å². The third kappa shape index (κ3) is 12.1. The summed E-state index contributed by atoms with van der Waals surface area (Å²) in [5.41, 5.74) is 12.2. The Morgan fingerprint density at radius 1 is 0.443 bits per heavy atom. The molecule has 0 heterocycles. The minimum atomic E-state index is -0.258. The monoisotopic (exact) mass is 812 g/mol. The molecule has 0 bridgehead atoms. The molecule has 6 rings (SSSR count). The molecule has 7 nitrogen and oxygen atoms in total. The van der Waals surface area contributed by atoms with Crippen LogP contribution in [0.1, 0.15) is 62.8 Å². The summed E-state index contributed by atoms with van der Waals surface area (Å²) in [5, 5.41) is 0. The van der Waals surface area contributed by atoms with Crippen LogP contribution >= 0.6 is 0 Å². The molecule has 0 unspecified atom stereocenters. The number of rotatable bonds is 18. The zero-order chi connectivity index (χ0) is 43.1. The second-order valence-electron chi connectivity index (χ2n) is 15.2. The van der Waals surface area contributed by atoms with Crippen molar-refractivity contribution in [3.8, 4) is 11.5 Å². The molecule has 0 atom stereocenters. The van der Waals surface area contributed by atoms with Gasteiger partial charge < -0.3 is 24.0 Å². The average Bonchev–Trinajstić information content (AvgIpc) is 3.29. The van der Waals surface area contributed by atoms with E-state index in [0.717, 1.165) is 71.3 Å². The van der Waals surface area contributed by atoms with Crippen molar-refractivity contribution in [1.82, 2.24) is 0 Å². The van der Waals surface area contributed by atoms with Gasteiger partial charge in [-0.2, -0.15) is 0 Å². The zero-order valence-corrected chi connectivity index (χ0v) is 36.2. The van der Waals surface area contributed by atoms with Crippen LogP contribution in [0.3, 0.4) is 0 Å². The number of nitrogens with zero attached hydrogens (tertiary/aromatic N) is 2. The van der Waals surface area contributed by atoms with E-state index in [1.165, 1.54) is 22.3 Å². The van der Waals surface area contributed by atoms with Gasteiger partial charge in [0.2, 0.25) is 0 Å². The lowest BCUT2D eigenvalue weighted by atomic mass is 10.1. The van der Waals surface area contributed by atoms with Crippen LogP contribution in [0.5, 0.6) is 11.5 Å². The molecule has 6 aromatic rings. The predicted octanol–water partition coefficient (Wildman–Crippen LogP) is 13.9. The molecule has 312 valence electrons. The van der Waals surface area contributed by atoms with Crippen LogP contribution in [-0.2, 0) is 31.9 Å². The minimum absolute atomic E-state index is 0.258. The van der Waals surface area contributed by atoms with Gasteiger partial charge in [-0.25, -0.2) is 9.59 Å². The number of anilines is 6. The van der Waals surface area contributed by atoms with Gasteiger partial charge >= 0.3 is 11.9 Å². The second kappa shape index (κ2) is 21.4. The normalized spacial score (nSPS) is 11.5. The number of aryl methyl sites for hydroxylation is 4. The molecular weight excluding hydrogens is 757 g/mol. The number of benzene rings is 6. The van der Waals surface area contributed by atoms with Crippen LogP contribution in [0.4, 0.5) is 34.1 Å². The van der Waals surface area contributed by atoms with E-state index < -0.39 is 0 Å². The van der Waals surface area contributed by atoms with Crippen molar-refractivity contribution in [3.05, 3.63) is 191 Å². The van der Waals surface area contributed by atoms with Crippen molar-refractivity contribution in [1.29, 1.82) is 0 Å². The van der Waals surface area contributed by atoms with E-state index in [-0.39, 0.29) is 11.9 Å². The number of allylic oxidation sites excluding steroid dienone is 2. The fourth-order valence-corrected chi connectivity index (χ4v) is 6.71. The molecule has 0 saturated heterocycles. The Balaban J connectivity index is 1.13. The maximum Gasteiger partial charge on any atom is 0.333 e. The van der Waals surface area contributed by atoms with Gasteiger partial charge in [-0.1, -0.05) is 71.8 Å². The molecule has 0 aliphatic rings. The number of hydrogen-bond acceptors (Lipinski definition) is 7.